The van der Waals surface area contributed by atoms with Crippen molar-refractivity contribution in [3.63, 3.8) is 0 Å². The minimum atomic E-state index is -1.13. The van der Waals surface area contributed by atoms with Gasteiger partial charge in [-0.05, 0) is 69.5 Å². The maximum atomic E-state index is 11.7. The summed E-state index contributed by atoms with van der Waals surface area (Å²) in [6, 6.07) is 24.9. The number of non-ortho nitro benzene ring substituents is 2. The number of fused-ring (bicyclic) bond motifs is 6. The smallest absolute Gasteiger partial charge is 0.269 e. The van der Waals surface area contributed by atoms with E-state index < -0.39 is 27.3 Å². The Balaban J connectivity index is 1.54. The van der Waals surface area contributed by atoms with E-state index in [4.69, 9.17) is 0 Å². The Morgan fingerprint density at radius 1 is 0.553 bits per heavy atom. The van der Waals surface area contributed by atoms with Crippen LogP contribution in [-0.2, 0) is 10.8 Å². The number of benzene rings is 4. The van der Waals surface area contributed by atoms with Gasteiger partial charge in [0, 0.05) is 35.1 Å². The molecule has 0 amide bonds. The Kier molecular flexibility index (Phi) is 5.41. The summed E-state index contributed by atoms with van der Waals surface area (Å²) in [7, 11) is 0. The Labute approximate surface area is 218 Å². The van der Waals surface area contributed by atoms with Crippen LogP contribution in [0.3, 0.4) is 0 Å². The zero-order chi connectivity index (χ0) is 26.7. The number of rotatable bonds is 7. The summed E-state index contributed by atoms with van der Waals surface area (Å²) in [6.45, 7) is -0.577. The number of hydrogen-bond acceptors (Lipinski definition) is 6. The lowest BCUT2D eigenvalue weighted by molar-refractivity contribution is -0.385. The topological polar surface area (TPSA) is 127 Å². The van der Waals surface area contributed by atoms with Crippen LogP contribution in [0.4, 0.5) is 11.4 Å². The van der Waals surface area contributed by atoms with Gasteiger partial charge in [0.1, 0.15) is 0 Å². The zero-order valence-electron chi connectivity index (χ0n) is 20.3. The van der Waals surface area contributed by atoms with Crippen molar-refractivity contribution >= 4 is 11.4 Å². The van der Waals surface area contributed by atoms with Crippen LogP contribution < -0.4 is 0 Å². The molecule has 190 valence electrons. The van der Waals surface area contributed by atoms with Crippen LogP contribution in [0.2, 0.25) is 0 Å². The lowest BCUT2D eigenvalue weighted by Gasteiger charge is -2.36. The van der Waals surface area contributed by atoms with Crippen molar-refractivity contribution in [3.8, 4) is 22.3 Å². The molecule has 0 aliphatic heterocycles. The van der Waals surface area contributed by atoms with Crippen LogP contribution in [0.25, 0.3) is 22.3 Å². The highest BCUT2D eigenvalue weighted by atomic mass is 16.6. The van der Waals surface area contributed by atoms with Crippen molar-refractivity contribution < 1.29 is 20.1 Å². The lowest BCUT2D eigenvalue weighted by atomic mass is 9.67. The van der Waals surface area contributed by atoms with Crippen molar-refractivity contribution in [2.75, 3.05) is 13.2 Å². The molecule has 0 aromatic heterocycles. The molecule has 0 unspecified atom stereocenters. The van der Waals surface area contributed by atoms with Crippen molar-refractivity contribution in [1.82, 2.24) is 0 Å². The second-order valence-electron chi connectivity index (χ2n) is 10.0. The summed E-state index contributed by atoms with van der Waals surface area (Å²) in [5.41, 5.74) is 4.46. The van der Waals surface area contributed by atoms with Crippen molar-refractivity contribution in [3.05, 3.63) is 127 Å². The van der Waals surface area contributed by atoms with Gasteiger partial charge in [-0.3, -0.25) is 20.2 Å². The summed E-state index contributed by atoms with van der Waals surface area (Å²) in [5, 5.41) is 45.3. The molecule has 0 radical (unpaired) electrons. The summed E-state index contributed by atoms with van der Waals surface area (Å²) in [5.74, 6) is 0. The summed E-state index contributed by atoms with van der Waals surface area (Å²) < 4.78 is 0. The first-order valence-corrected chi connectivity index (χ1v) is 12.4. The molecule has 8 heteroatoms. The molecule has 4 aromatic carbocycles. The number of aliphatic hydroxyl groups is 2. The molecule has 2 N–H and O–H groups in total. The maximum Gasteiger partial charge on any atom is 0.269 e. The Bertz CT molecular complexity index is 1520. The molecule has 0 heterocycles. The normalized spacial score (nSPS) is 15.3. The highest BCUT2D eigenvalue weighted by Crippen LogP contribution is 2.57. The Morgan fingerprint density at radius 3 is 1.32 bits per heavy atom. The molecular weight excluding hydrogens is 484 g/mol. The van der Waals surface area contributed by atoms with Gasteiger partial charge in [0.25, 0.3) is 11.4 Å². The Hall–Kier alpha value is -4.40. The number of nitrogens with zero attached hydrogens (tertiary/aromatic N) is 2. The first-order chi connectivity index (χ1) is 18.4. The van der Waals surface area contributed by atoms with Gasteiger partial charge in [-0.25, -0.2) is 0 Å². The van der Waals surface area contributed by atoms with E-state index in [0.717, 1.165) is 22.3 Å². The molecule has 4 aromatic rings. The molecule has 6 rings (SSSR count). The predicted molar refractivity (Wildman–Crippen MR) is 142 cm³/mol. The van der Waals surface area contributed by atoms with Gasteiger partial charge >= 0.3 is 0 Å². The molecule has 0 bridgehead atoms. The second-order valence-corrected chi connectivity index (χ2v) is 10.0. The minimum Gasteiger partial charge on any atom is -0.395 e. The third-order valence-corrected chi connectivity index (χ3v) is 8.44. The van der Waals surface area contributed by atoms with Gasteiger partial charge in [0.15, 0.2) is 0 Å². The van der Waals surface area contributed by atoms with Crippen LogP contribution >= 0.6 is 0 Å². The van der Waals surface area contributed by atoms with Crippen molar-refractivity contribution in [1.29, 1.82) is 0 Å². The van der Waals surface area contributed by atoms with Crippen LogP contribution in [0.15, 0.2) is 84.9 Å². The van der Waals surface area contributed by atoms with Gasteiger partial charge in [-0.2, -0.15) is 0 Å². The van der Waals surface area contributed by atoms with Gasteiger partial charge in [0.05, 0.1) is 23.1 Å². The van der Waals surface area contributed by atoms with Crippen LogP contribution in [0, 0.1) is 20.2 Å². The van der Waals surface area contributed by atoms with E-state index in [1.165, 1.54) is 24.3 Å². The van der Waals surface area contributed by atoms with E-state index in [9.17, 15) is 30.4 Å². The number of nitro groups is 2. The van der Waals surface area contributed by atoms with Crippen LogP contribution in [-0.4, -0.2) is 33.3 Å². The zero-order valence-corrected chi connectivity index (χ0v) is 20.3. The fourth-order valence-electron chi connectivity index (χ4n) is 6.58. The number of nitro benzene ring substituents is 2. The molecular formula is C30H24N2O6. The quantitative estimate of drug-likeness (QED) is 0.251. The summed E-state index contributed by atoms with van der Waals surface area (Å²) >= 11 is 0. The molecule has 0 saturated heterocycles. The molecule has 0 atom stereocenters. The van der Waals surface area contributed by atoms with E-state index in [0.29, 0.717) is 35.1 Å². The van der Waals surface area contributed by atoms with Gasteiger partial charge in [-0.15, -0.1) is 0 Å². The fraction of sp³-hybridized carbons (Fsp3) is 0.200. The van der Waals surface area contributed by atoms with Crippen LogP contribution in [0.5, 0.6) is 0 Å². The number of hydrogen-bond donors (Lipinski definition) is 2. The summed E-state index contributed by atoms with van der Waals surface area (Å²) in [4.78, 5) is 22.4. The molecule has 0 fully saturated rings. The lowest BCUT2D eigenvalue weighted by Crippen LogP contribution is -2.36. The molecule has 0 saturated carbocycles. The fourth-order valence-corrected chi connectivity index (χ4v) is 6.58. The largest absolute Gasteiger partial charge is 0.395 e. The van der Waals surface area contributed by atoms with E-state index in [1.807, 2.05) is 48.5 Å². The third kappa shape index (κ3) is 3.17. The number of aliphatic hydroxyl groups excluding tert-OH is 2. The van der Waals surface area contributed by atoms with E-state index in [-0.39, 0.29) is 18.0 Å². The second kappa shape index (κ2) is 8.58. The molecule has 38 heavy (non-hydrogen) atoms. The molecule has 2 aliphatic rings. The molecule has 8 nitrogen and oxygen atoms in total. The highest BCUT2D eigenvalue weighted by molar-refractivity contribution is 5.84. The van der Waals surface area contributed by atoms with Crippen LogP contribution in [0.1, 0.15) is 35.1 Å². The van der Waals surface area contributed by atoms with Gasteiger partial charge in [-0.1, -0.05) is 48.5 Å². The van der Waals surface area contributed by atoms with Gasteiger partial charge < -0.3 is 10.2 Å². The third-order valence-electron chi connectivity index (χ3n) is 8.44. The first-order valence-electron chi connectivity index (χ1n) is 12.4. The monoisotopic (exact) mass is 508 g/mol. The molecule has 0 spiro atoms. The maximum absolute atomic E-state index is 11.7. The SMILES string of the molecule is O=[N+]([O-])c1ccc2c(c1)C(CO)(CCC1(CO)c3ccccc3-c3ccccc31)c1cc([N+](=O)[O-])ccc1-2. The first kappa shape index (κ1) is 24.0. The van der Waals surface area contributed by atoms with Crippen molar-refractivity contribution in [2.24, 2.45) is 0 Å². The summed E-state index contributed by atoms with van der Waals surface area (Å²) in [6.07, 6.45) is 0.706. The predicted octanol–water partition coefficient (Wildman–Crippen LogP) is 5.50. The Morgan fingerprint density at radius 2 is 0.921 bits per heavy atom. The molecule has 2 aliphatic carbocycles. The van der Waals surface area contributed by atoms with Crippen molar-refractivity contribution in [2.45, 2.75) is 23.7 Å². The standard InChI is InChI=1S/C30H24N2O6/c33-17-29(25-7-3-1-5-21(25)22-6-2-4-8-26(22)29)13-14-30(18-34)27-15-19(31(35)36)9-11-23(27)24-12-10-20(32(37)38)16-28(24)30/h1-12,15-16,33-34H,13-14,17-18H2. The minimum absolute atomic E-state index is 0.114. The average Bonchev–Trinajstić information content (AvgIpc) is 3.39. The highest BCUT2D eigenvalue weighted by Gasteiger charge is 2.49. The average molecular weight is 509 g/mol. The van der Waals surface area contributed by atoms with E-state index in [2.05, 4.69) is 0 Å². The van der Waals surface area contributed by atoms with E-state index in [1.54, 1.807) is 12.1 Å². The van der Waals surface area contributed by atoms with Gasteiger partial charge in [0.2, 0.25) is 0 Å². The van der Waals surface area contributed by atoms with E-state index >= 15 is 0 Å².